The number of aromatic carboxylic acids is 1. The molecule has 0 atom stereocenters. The van der Waals surface area contributed by atoms with E-state index in [0.717, 1.165) is 22.2 Å². The van der Waals surface area contributed by atoms with Crippen LogP contribution in [0.2, 0.25) is 10.0 Å². The Balaban J connectivity index is 1.65. The number of carboxylic acids is 1. The lowest BCUT2D eigenvalue weighted by atomic mass is 10.1. The maximum absolute atomic E-state index is 13.4. The third kappa shape index (κ3) is 4.27. The first-order valence-electron chi connectivity index (χ1n) is 10.2. The van der Waals surface area contributed by atoms with E-state index >= 15 is 0 Å². The fourth-order valence-corrected chi connectivity index (χ4v) is 4.33. The molecule has 0 unspecified atom stereocenters. The monoisotopic (exact) mass is 482 g/mol. The number of rotatable bonds is 6. The molecule has 3 aromatic carbocycles. The number of benzene rings is 3. The molecule has 4 rings (SSSR count). The third-order valence-electron chi connectivity index (χ3n) is 5.56. The maximum atomic E-state index is 13.4. The average Bonchev–Trinajstić information content (AvgIpc) is 3.07. The second-order valence-electron chi connectivity index (χ2n) is 7.54. The van der Waals surface area contributed by atoms with E-state index in [1.165, 1.54) is 12.1 Å². The summed E-state index contributed by atoms with van der Waals surface area (Å²) in [4.78, 5) is 24.7. The smallest absolute Gasteiger partial charge is 0.339 e. The molecular weight excluding hydrogens is 463 g/mol. The summed E-state index contributed by atoms with van der Waals surface area (Å²) in [5, 5.41) is 23.5. The Morgan fingerprint density at radius 3 is 2.52 bits per heavy atom. The number of hydrogen-bond acceptors (Lipinski definition) is 4. The number of anilines is 1. The van der Waals surface area contributed by atoms with Crippen LogP contribution in [0.4, 0.5) is 5.69 Å². The molecule has 0 amide bonds. The van der Waals surface area contributed by atoms with Gasteiger partial charge in [-0.1, -0.05) is 47.5 Å². The lowest BCUT2D eigenvalue weighted by Gasteiger charge is -2.11. The Morgan fingerprint density at radius 1 is 1.00 bits per heavy atom. The van der Waals surface area contributed by atoms with Crippen molar-refractivity contribution in [2.24, 2.45) is 0 Å². The van der Waals surface area contributed by atoms with Crippen molar-refractivity contribution in [1.29, 1.82) is 0 Å². The highest BCUT2D eigenvalue weighted by molar-refractivity contribution is 6.44. The van der Waals surface area contributed by atoms with Gasteiger partial charge in [-0.3, -0.25) is 9.36 Å². The number of aromatic hydroxyl groups is 1. The van der Waals surface area contributed by atoms with Crippen molar-refractivity contribution in [3.05, 3.63) is 93.1 Å². The van der Waals surface area contributed by atoms with Crippen LogP contribution in [0.5, 0.6) is 5.75 Å². The molecule has 3 N–H and O–H groups in total. The number of halogens is 2. The van der Waals surface area contributed by atoms with E-state index in [9.17, 15) is 19.8 Å². The number of carboxylic acid groups (broad SMARTS) is 1. The fraction of sp³-hybridized carbons (Fsp3) is 0.120. The molecule has 0 radical (unpaired) electrons. The van der Waals surface area contributed by atoms with Crippen LogP contribution in [0.15, 0.2) is 60.7 Å². The first kappa shape index (κ1) is 22.7. The van der Waals surface area contributed by atoms with Gasteiger partial charge in [0, 0.05) is 23.3 Å². The predicted octanol–water partition coefficient (Wildman–Crippen LogP) is 6.00. The Labute approximate surface area is 200 Å². The maximum Gasteiger partial charge on any atom is 0.339 e. The first-order chi connectivity index (χ1) is 15.8. The van der Waals surface area contributed by atoms with E-state index in [-0.39, 0.29) is 22.2 Å². The number of para-hydroxylation sites is 1. The molecule has 0 saturated carbocycles. The normalized spacial score (nSPS) is 11.0. The molecule has 0 bridgehead atoms. The molecule has 4 aromatic rings. The van der Waals surface area contributed by atoms with Crippen LogP contribution in [0.1, 0.15) is 32.0 Å². The number of nitrogens with zero attached hydrogens (tertiary/aromatic N) is 1. The molecule has 0 aliphatic carbocycles. The van der Waals surface area contributed by atoms with Crippen molar-refractivity contribution in [2.75, 3.05) is 11.9 Å². The van der Waals surface area contributed by atoms with E-state index in [4.69, 9.17) is 23.2 Å². The van der Waals surface area contributed by atoms with E-state index in [2.05, 4.69) is 5.32 Å². The SMILES string of the molecule is Cc1c(CCNc2ccc(O)c(C(=O)O)c2)c2ccccc2n1C(=O)c1cccc(Cl)c1Cl. The molecule has 6 nitrogen and oxygen atoms in total. The first-order valence-corrected chi connectivity index (χ1v) is 10.9. The predicted molar refractivity (Wildman–Crippen MR) is 130 cm³/mol. The van der Waals surface area contributed by atoms with E-state index in [0.29, 0.717) is 29.2 Å². The topological polar surface area (TPSA) is 91.6 Å². The summed E-state index contributed by atoms with van der Waals surface area (Å²) in [6, 6.07) is 17.0. The van der Waals surface area contributed by atoms with Crippen LogP contribution in [0.3, 0.4) is 0 Å². The van der Waals surface area contributed by atoms with Crippen molar-refractivity contribution in [1.82, 2.24) is 4.57 Å². The summed E-state index contributed by atoms with van der Waals surface area (Å²) in [6.45, 7) is 2.37. The number of nitrogens with one attached hydrogen (secondary N) is 1. The minimum absolute atomic E-state index is 0.170. The summed E-state index contributed by atoms with van der Waals surface area (Å²) < 4.78 is 1.64. The highest BCUT2D eigenvalue weighted by Crippen LogP contribution is 2.31. The van der Waals surface area contributed by atoms with Crippen LogP contribution in [0, 0.1) is 6.92 Å². The Bertz CT molecular complexity index is 1390. The Morgan fingerprint density at radius 2 is 1.76 bits per heavy atom. The lowest BCUT2D eigenvalue weighted by Crippen LogP contribution is -2.15. The van der Waals surface area contributed by atoms with Gasteiger partial charge >= 0.3 is 5.97 Å². The largest absolute Gasteiger partial charge is 0.507 e. The average molecular weight is 483 g/mol. The second kappa shape index (κ2) is 9.17. The van der Waals surface area contributed by atoms with Crippen LogP contribution in [-0.4, -0.2) is 33.2 Å². The van der Waals surface area contributed by atoms with Crippen LogP contribution in [-0.2, 0) is 6.42 Å². The van der Waals surface area contributed by atoms with Crippen molar-refractivity contribution in [2.45, 2.75) is 13.3 Å². The summed E-state index contributed by atoms with van der Waals surface area (Å²) in [6.07, 6.45) is 0.583. The third-order valence-corrected chi connectivity index (χ3v) is 6.38. The molecule has 1 heterocycles. The zero-order chi connectivity index (χ0) is 23.7. The van der Waals surface area contributed by atoms with Gasteiger partial charge in [0.05, 0.1) is 21.1 Å². The minimum Gasteiger partial charge on any atom is -0.507 e. The number of aromatic nitrogens is 1. The van der Waals surface area contributed by atoms with E-state index in [1.54, 1.807) is 28.8 Å². The van der Waals surface area contributed by atoms with Gasteiger partial charge < -0.3 is 15.5 Å². The van der Waals surface area contributed by atoms with Crippen molar-refractivity contribution < 1.29 is 19.8 Å². The molecule has 0 fully saturated rings. The van der Waals surface area contributed by atoms with Gasteiger partial charge in [0.15, 0.2) is 0 Å². The van der Waals surface area contributed by atoms with Crippen molar-refractivity contribution >= 4 is 51.7 Å². The Kier molecular flexibility index (Phi) is 6.31. The second-order valence-corrected chi connectivity index (χ2v) is 8.32. The van der Waals surface area contributed by atoms with Gasteiger partial charge in [0.2, 0.25) is 0 Å². The van der Waals surface area contributed by atoms with Gasteiger partial charge in [-0.2, -0.15) is 0 Å². The van der Waals surface area contributed by atoms with Gasteiger partial charge in [-0.15, -0.1) is 0 Å². The number of hydrogen-bond donors (Lipinski definition) is 3. The molecular formula is C25H20Cl2N2O4. The summed E-state index contributed by atoms with van der Waals surface area (Å²) in [5.74, 6) is -1.75. The van der Waals surface area contributed by atoms with Gasteiger partial charge in [-0.25, -0.2) is 4.79 Å². The fourth-order valence-electron chi connectivity index (χ4n) is 3.95. The molecule has 0 aliphatic rings. The number of carbonyl (C=O) groups is 2. The summed E-state index contributed by atoms with van der Waals surface area (Å²) in [7, 11) is 0. The van der Waals surface area contributed by atoms with Crippen molar-refractivity contribution in [3.63, 3.8) is 0 Å². The standard InChI is InChI=1S/C25H20Cl2N2O4/c1-14-16(11-12-28-15-9-10-22(30)19(13-15)25(32)33)17-5-2-3-8-21(17)29(14)24(31)18-6-4-7-20(26)23(18)27/h2-10,13,28,30H,11-12H2,1H3,(H,32,33). The highest BCUT2D eigenvalue weighted by Gasteiger charge is 2.22. The quantitative estimate of drug-likeness (QED) is 0.293. The van der Waals surface area contributed by atoms with E-state index < -0.39 is 5.97 Å². The summed E-state index contributed by atoms with van der Waals surface area (Å²) >= 11 is 12.4. The van der Waals surface area contributed by atoms with Gasteiger partial charge in [0.1, 0.15) is 11.3 Å². The molecule has 8 heteroatoms. The molecule has 0 spiro atoms. The lowest BCUT2D eigenvalue weighted by molar-refractivity contribution is 0.0693. The zero-order valence-electron chi connectivity index (χ0n) is 17.6. The number of carbonyl (C=O) groups excluding carboxylic acids is 1. The van der Waals surface area contributed by atoms with Gasteiger partial charge in [-0.05, 0) is 55.3 Å². The van der Waals surface area contributed by atoms with Crippen LogP contribution >= 0.6 is 23.2 Å². The molecule has 0 saturated heterocycles. The molecule has 33 heavy (non-hydrogen) atoms. The van der Waals surface area contributed by atoms with Gasteiger partial charge in [0.25, 0.3) is 5.91 Å². The Hall–Kier alpha value is -3.48. The van der Waals surface area contributed by atoms with Crippen LogP contribution in [0.25, 0.3) is 10.9 Å². The zero-order valence-corrected chi connectivity index (χ0v) is 19.1. The number of phenols is 1. The molecule has 168 valence electrons. The number of fused-ring (bicyclic) bond motifs is 1. The molecule has 1 aromatic heterocycles. The van der Waals surface area contributed by atoms with Crippen molar-refractivity contribution in [3.8, 4) is 5.75 Å². The molecule has 0 aliphatic heterocycles. The van der Waals surface area contributed by atoms with E-state index in [1.807, 2.05) is 31.2 Å². The highest BCUT2D eigenvalue weighted by atomic mass is 35.5. The van der Waals surface area contributed by atoms with Crippen LogP contribution < -0.4 is 5.32 Å². The minimum atomic E-state index is -1.20. The summed E-state index contributed by atoms with van der Waals surface area (Å²) in [5.41, 5.74) is 3.27.